The van der Waals surface area contributed by atoms with E-state index in [-0.39, 0.29) is 22.2 Å². The summed E-state index contributed by atoms with van der Waals surface area (Å²) in [6.45, 7) is 5.27. The van der Waals surface area contributed by atoms with Crippen LogP contribution < -0.4 is 14.8 Å². The van der Waals surface area contributed by atoms with Crippen LogP contribution in [0.25, 0.3) is 6.08 Å². The number of rotatable bonds is 9. The van der Waals surface area contributed by atoms with Crippen molar-refractivity contribution >= 4 is 52.2 Å². The summed E-state index contributed by atoms with van der Waals surface area (Å²) in [5, 5.41) is 1.77. The van der Waals surface area contributed by atoms with Crippen LogP contribution in [0.5, 0.6) is 11.5 Å². The van der Waals surface area contributed by atoms with Crippen molar-refractivity contribution in [2.24, 2.45) is 0 Å². The average molecular weight is 509 g/mol. The molecule has 34 heavy (non-hydrogen) atoms. The lowest BCUT2D eigenvalue weighted by Crippen LogP contribution is -2.36. The molecular formula is C23H19ClF2N2O5S. The molecule has 1 aliphatic rings. The lowest BCUT2D eigenvalue weighted by molar-refractivity contribution is -0.127. The molecule has 2 aromatic carbocycles. The highest BCUT2D eigenvalue weighted by Gasteiger charge is 2.36. The molecule has 1 N–H and O–H groups in total. The largest absolute Gasteiger partial charge is 0.490 e. The zero-order chi connectivity index (χ0) is 24.8. The van der Waals surface area contributed by atoms with E-state index in [1.807, 2.05) is 0 Å². The first-order valence-electron chi connectivity index (χ1n) is 9.93. The van der Waals surface area contributed by atoms with Crippen LogP contribution in [-0.4, -0.2) is 41.7 Å². The van der Waals surface area contributed by atoms with Gasteiger partial charge in [0.2, 0.25) is 5.91 Å². The molecule has 0 atom stereocenters. The summed E-state index contributed by atoms with van der Waals surface area (Å²) in [7, 11) is 0. The second-order valence-corrected chi connectivity index (χ2v) is 8.20. The number of thioether (sulfide) groups is 1. The minimum Gasteiger partial charge on any atom is -0.490 e. The number of carbonyl (C=O) groups excluding carboxylic acids is 3. The Bertz CT molecular complexity index is 1190. The van der Waals surface area contributed by atoms with E-state index >= 15 is 0 Å². The van der Waals surface area contributed by atoms with Gasteiger partial charge in [-0.2, -0.15) is 0 Å². The van der Waals surface area contributed by atoms with Gasteiger partial charge in [0.25, 0.3) is 11.1 Å². The fourth-order valence-corrected chi connectivity index (χ4v) is 4.04. The first kappa shape index (κ1) is 25.3. The topological polar surface area (TPSA) is 84.9 Å². The van der Waals surface area contributed by atoms with Gasteiger partial charge in [-0.25, -0.2) is 8.78 Å². The predicted molar refractivity (Wildman–Crippen MR) is 126 cm³/mol. The smallest absolute Gasteiger partial charge is 0.294 e. The van der Waals surface area contributed by atoms with Gasteiger partial charge < -0.3 is 14.8 Å². The maximum absolute atomic E-state index is 13.7. The Kier molecular flexibility index (Phi) is 8.30. The minimum atomic E-state index is -0.982. The molecule has 0 bridgehead atoms. The Morgan fingerprint density at radius 1 is 1.24 bits per heavy atom. The summed E-state index contributed by atoms with van der Waals surface area (Å²) < 4.78 is 37.9. The van der Waals surface area contributed by atoms with Gasteiger partial charge in [0, 0.05) is 6.07 Å². The van der Waals surface area contributed by atoms with Crippen LogP contribution in [-0.2, 0) is 9.59 Å². The number of nitrogens with zero attached hydrogens (tertiary/aromatic N) is 1. The van der Waals surface area contributed by atoms with Gasteiger partial charge in [-0.15, -0.1) is 0 Å². The van der Waals surface area contributed by atoms with E-state index in [4.69, 9.17) is 21.1 Å². The lowest BCUT2D eigenvalue weighted by atomic mass is 10.1. The highest BCUT2D eigenvalue weighted by molar-refractivity contribution is 8.18. The van der Waals surface area contributed by atoms with Crippen molar-refractivity contribution in [1.82, 2.24) is 4.90 Å². The number of anilines is 1. The molecule has 1 heterocycles. The maximum atomic E-state index is 13.7. The number of halogens is 3. The van der Waals surface area contributed by atoms with Crippen molar-refractivity contribution in [1.29, 1.82) is 0 Å². The van der Waals surface area contributed by atoms with Crippen molar-refractivity contribution in [3.63, 3.8) is 0 Å². The Morgan fingerprint density at radius 3 is 2.68 bits per heavy atom. The van der Waals surface area contributed by atoms with Crippen LogP contribution in [0.15, 0.2) is 47.9 Å². The Balaban J connectivity index is 1.77. The highest BCUT2D eigenvalue weighted by atomic mass is 35.5. The molecule has 1 aliphatic heterocycles. The Morgan fingerprint density at radius 2 is 2.00 bits per heavy atom. The SMILES string of the molecule is C=CCOc1c(Cl)cc(/C=C2/SC(=O)N(CC(=O)Nc3ccc(F)cc3F)C2=O)cc1OCC. The van der Waals surface area contributed by atoms with Crippen molar-refractivity contribution in [3.05, 3.63) is 70.1 Å². The summed E-state index contributed by atoms with van der Waals surface area (Å²) >= 11 is 6.95. The Labute approximate surface area is 203 Å². The van der Waals surface area contributed by atoms with Crippen LogP contribution in [0.3, 0.4) is 0 Å². The van der Waals surface area contributed by atoms with Crippen molar-refractivity contribution in [3.8, 4) is 11.5 Å². The quantitative estimate of drug-likeness (QED) is 0.367. The third kappa shape index (κ3) is 5.95. The molecule has 0 radical (unpaired) electrons. The molecule has 2 aromatic rings. The van der Waals surface area contributed by atoms with Gasteiger partial charge >= 0.3 is 0 Å². The molecule has 3 amide bonds. The molecular weight excluding hydrogens is 490 g/mol. The molecule has 3 rings (SSSR count). The number of hydrogen-bond acceptors (Lipinski definition) is 6. The van der Waals surface area contributed by atoms with Crippen LogP contribution >= 0.6 is 23.4 Å². The van der Waals surface area contributed by atoms with Gasteiger partial charge in [-0.05, 0) is 54.6 Å². The summed E-state index contributed by atoms with van der Waals surface area (Å²) in [5.74, 6) is -2.64. The summed E-state index contributed by atoms with van der Waals surface area (Å²) in [5.41, 5.74) is 0.202. The van der Waals surface area contributed by atoms with Gasteiger partial charge in [-0.3, -0.25) is 19.3 Å². The molecule has 11 heteroatoms. The van der Waals surface area contributed by atoms with Gasteiger partial charge in [0.05, 0.1) is 22.2 Å². The number of nitrogens with one attached hydrogen (secondary N) is 1. The van der Waals surface area contributed by atoms with Crippen molar-refractivity contribution < 1.29 is 32.6 Å². The minimum absolute atomic E-state index is 0.0593. The molecule has 0 spiro atoms. The van der Waals surface area contributed by atoms with E-state index in [9.17, 15) is 23.2 Å². The third-order valence-electron chi connectivity index (χ3n) is 4.36. The van der Waals surface area contributed by atoms with E-state index in [0.717, 1.165) is 17.0 Å². The molecule has 7 nitrogen and oxygen atoms in total. The van der Waals surface area contributed by atoms with Crippen molar-refractivity contribution in [2.45, 2.75) is 6.92 Å². The zero-order valence-corrected chi connectivity index (χ0v) is 19.5. The number of ether oxygens (including phenoxy) is 2. The van der Waals surface area contributed by atoms with E-state index in [0.29, 0.717) is 41.5 Å². The average Bonchev–Trinajstić information content (AvgIpc) is 3.02. The third-order valence-corrected chi connectivity index (χ3v) is 5.54. The van der Waals surface area contributed by atoms with Gasteiger partial charge in [0.1, 0.15) is 24.8 Å². The molecule has 1 fully saturated rings. The lowest BCUT2D eigenvalue weighted by Gasteiger charge is -2.14. The fraction of sp³-hybridized carbons (Fsp3) is 0.174. The van der Waals surface area contributed by atoms with E-state index in [2.05, 4.69) is 11.9 Å². The van der Waals surface area contributed by atoms with Crippen LogP contribution in [0.2, 0.25) is 5.02 Å². The number of imide groups is 1. The monoisotopic (exact) mass is 508 g/mol. The van der Waals surface area contributed by atoms with E-state index in [1.165, 1.54) is 6.08 Å². The summed E-state index contributed by atoms with van der Waals surface area (Å²) in [6.07, 6.45) is 2.99. The number of carbonyl (C=O) groups is 3. The van der Waals surface area contributed by atoms with Crippen molar-refractivity contribution in [2.75, 3.05) is 25.1 Å². The normalized spacial score (nSPS) is 14.5. The second kappa shape index (κ2) is 11.2. The number of hydrogen-bond donors (Lipinski definition) is 1. The van der Waals surface area contributed by atoms with Crippen LogP contribution in [0.1, 0.15) is 12.5 Å². The van der Waals surface area contributed by atoms with E-state index in [1.54, 1.807) is 25.1 Å². The molecule has 178 valence electrons. The predicted octanol–water partition coefficient (Wildman–Crippen LogP) is 5.26. The van der Waals surface area contributed by atoms with Crippen LogP contribution in [0.4, 0.5) is 19.3 Å². The first-order chi connectivity index (χ1) is 16.2. The standard InChI is InChI=1S/C23H19ClF2N2O5S/c1-3-7-33-21-15(24)8-13(9-18(21)32-4-2)10-19-22(30)28(23(31)34-19)12-20(29)27-17-6-5-14(25)11-16(17)26/h3,5-6,8-11H,1,4,7,12H2,2H3,(H,27,29)/b19-10+. The Hall–Kier alpha value is -3.37. The second-order valence-electron chi connectivity index (χ2n) is 6.80. The van der Waals surface area contributed by atoms with Gasteiger partial charge in [0.15, 0.2) is 11.5 Å². The fourth-order valence-electron chi connectivity index (χ4n) is 2.93. The number of amides is 3. The molecule has 1 saturated heterocycles. The number of benzene rings is 2. The summed E-state index contributed by atoms with van der Waals surface area (Å²) in [6, 6.07) is 5.76. The van der Waals surface area contributed by atoms with Crippen LogP contribution in [0, 0.1) is 11.6 Å². The molecule has 0 aromatic heterocycles. The highest BCUT2D eigenvalue weighted by Crippen LogP contribution is 2.39. The molecule has 0 unspecified atom stereocenters. The molecule has 0 aliphatic carbocycles. The van der Waals surface area contributed by atoms with E-state index < -0.39 is 35.2 Å². The molecule has 0 saturated carbocycles. The summed E-state index contributed by atoms with van der Waals surface area (Å²) in [4.78, 5) is 38.1. The maximum Gasteiger partial charge on any atom is 0.294 e. The van der Waals surface area contributed by atoms with Gasteiger partial charge in [-0.1, -0.05) is 24.3 Å². The zero-order valence-electron chi connectivity index (χ0n) is 17.9. The first-order valence-corrected chi connectivity index (χ1v) is 11.1.